The van der Waals surface area contributed by atoms with Crippen LogP contribution in [0.5, 0.6) is 0 Å². The monoisotopic (exact) mass is 397 g/mol. The Morgan fingerprint density at radius 3 is 2.52 bits per heavy atom. The van der Waals surface area contributed by atoms with E-state index in [0.29, 0.717) is 23.8 Å². The number of nitrogens with zero attached hydrogens (tertiary/aromatic N) is 4. The number of aryl methyl sites for hydroxylation is 1. The summed E-state index contributed by atoms with van der Waals surface area (Å²) in [6.45, 7) is 1.90. The molecule has 3 N–H and O–H groups in total. The molecule has 0 spiro atoms. The van der Waals surface area contributed by atoms with Gasteiger partial charge in [0.05, 0.1) is 5.39 Å². The molecule has 2 atom stereocenters. The van der Waals surface area contributed by atoms with Crippen LogP contribution in [0, 0.1) is 0 Å². The molecule has 8 nitrogen and oxygen atoms in total. The number of pyridine rings is 1. The molecule has 1 amide bonds. The SMILES string of the molecule is CN1C2CCC1CC(Nc1ccc3c(C(=O)NC4CCNCC4)nn(C)c3n1)C2. The van der Waals surface area contributed by atoms with Crippen LogP contribution in [0.25, 0.3) is 11.0 Å². The molecule has 2 unspecified atom stereocenters. The summed E-state index contributed by atoms with van der Waals surface area (Å²) in [4.78, 5) is 20.1. The number of carbonyl (C=O) groups excluding carboxylic acids is 1. The lowest BCUT2D eigenvalue weighted by molar-refractivity contribution is 0.0925. The van der Waals surface area contributed by atoms with E-state index in [1.807, 2.05) is 19.2 Å². The van der Waals surface area contributed by atoms with Crippen LogP contribution >= 0.6 is 0 Å². The summed E-state index contributed by atoms with van der Waals surface area (Å²) < 4.78 is 1.72. The van der Waals surface area contributed by atoms with Gasteiger partial charge in [-0.15, -0.1) is 0 Å². The second-order valence-electron chi connectivity index (χ2n) is 8.90. The Kier molecular flexibility index (Phi) is 4.91. The first-order valence-corrected chi connectivity index (χ1v) is 10.9. The van der Waals surface area contributed by atoms with Gasteiger partial charge in [0.2, 0.25) is 0 Å². The Labute approximate surface area is 171 Å². The van der Waals surface area contributed by atoms with Crippen molar-refractivity contribution in [2.24, 2.45) is 7.05 Å². The minimum atomic E-state index is -0.100. The Morgan fingerprint density at radius 1 is 1.07 bits per heavy atom. The average Bonchev–Trinajstić information content (AvgIpc) is 3.13. The van der Waals surface area contributed by atoms with Gasteiger partial charge >= 0.3 is 0 Å². The Morgan fingerprint density at radius 2 is 1.79 bits per heavy atom. The Balaban J connectivity index is 1.32. The zero-order valence-corrected chi connectivity index (χ0v) is 17.3. The maximum Gasteiger partial charge on any atom is 0.272 e. The van der Waals surface area contributed by atoms with Gasteiger partial charge < -0.3 is 20.9 Å². The number of carbonyl (C=O) groups is 1. The summed E-state index contributed by atoms with van der Waals surface area (Å²) in [6.07, 6.45) is 6.87. The van der Waals surface area contributed by atoms with E-state index in [2.05, 4.69) is 33.0 Å². The van der Waals surface area contributed by atoms with Crippen LogP contribution in [0.15, 0.2) is 12.1 Å². The fourth-order valence-corrected chi connectivity index (χ4v) is 5.34. The maximum atomic E-state index is 12.8. The normalized spacial score (nSPS) is 28.0. The van der Waals surface area contributed by atoms with Crippen molar-refractivity contribution in [2.45, 2.75) is 62.7 Å². The number of amides is 1. The number of anilines is 1. The van der Waals surface area contributed by atoms with Gasteiger partial charge in [-0.25, -0.2) is 9.67 Å². The van der Waals surface area contributed by atoms with Crippen LogP contribution in [-0.2, 0) is 7.05 Å². The number of piperidine rings is 2. The summed E-state index contributed by atoms with van der Waals surface area (Å²) in [6, 6.07) is 6.04. The van der Waals surface area contributed by atoms with E-state index in [4.69, 9.17) is 4.98 Å². The number of fused-ring (bicyclic) bond motifs is 3. The summed E-state index contributed by atoms with van der Waals surface area (Å²) >= 11 is 0. The predicted molar refractivity (Wildman–Crippen MR) is 113 cm³/mol. The third kappa shape index (κ3) is 3.59. The largest absolute Gasteiger partial charge is 0.367 e. The van der Waals surface area contributed by atoms with Crippen molar-refractivity contribution < 1.29 is 4.79 Å². The van der Waals surface area contributed by atoms with Gasteiger partial charge in [0.25, 0.3) is 5.91 Å². The van der Waals surface area contributed by atoms with Gasteiger partial charge in [0.1, 0.15) is 5.82 Å². The van der Waals surface area contributed by atoms with Gasteiger partial charge in [0, 0.05) is 31.2 Å². The molecule has 0 aliphatic carbocycles. The molecule has 156 valence electrons. The molecular formula is C21H31N7O. The molecule has 3 fully saturated rings. The highest BCUT2D eigenvalue weighted by molar-refractivity contribution is 6.04. The summed E-state index contributed by atoms with van der Waals surface area (Å²) in [7, 11) is 4.12. The topological polar surface area (TPSA) is 87.1 Å². The van der Waals surface area contributed by atoms with Crippen molar-refractivity contribution in [3.8, 4) is 0 Å². The molecule has 0 aromatic carbocycles. The lowest BCUT2D eigenvalue weighted by Gasteiger charge is -2.36. The van der Waals surface area contributed by atoms with Gasteiger partial charge in [0.15, 0.2) is 11.3 Å². The van der Waals surface area contributed by atoms with Crippen molar-refractivity contribution in [3.63, 3.8) is 0 Å². The minimum Gasteiger partial charge on any atom is -0.367 e. The molecule has 0 saturated carbocycles. The van der Waals surface area contributed by atoms with Crippen molar-refractivity contribution in [3.05, 3.63) is 17.8 Å². The van der Waals surface area contributed by atoms with Gasteiger partial charge in [-0.05, 0) is 70.8 Å². The molecule has 3 saturated heterocycles. The summed E-state index contributed by atoms with van der Waals surface area (Å²) in [5.41, 5.74) is 1.22. The molecule has 3 aliphatic rings. The van der Waals surface area contributed by atoms with Crippen LogP contribution in [0.2, 0.25) is 0 Å². The van der Waals surface area contributed by atoms with Gasteiger partial charge in [-0.1, -0.05) is 0 Å². The van der Waals surface area contributed by atoms with Gasteiger partial charge in [-0.2, -0.15) is 5.10 Å². The first-order valence-electron chi connectivity index (χ1n) is 10.9. The second-order valence-corrected chi connectivity index (χ2v) is 8.90. The molecule has 5 rings (SSSR count). The van der Waals surface area contributed by atoms with E-state index in [0.717, 1.165) is 42.8 Å². The van der Waals surface area contributed by atoms with E-state index >= 15 is 0 Å². The fraction of sp³-hybridized carbons (Fsp3) is 0.667. The summed E-state index contributed by atoms with van der Waals surface area (Å²) in [5.74, 6) is 0.775. The molecule has 5 heterocycles. The Hall–Kier alpha value is -2.19. The van der Waals surface area contributed by atoms with Crippen molar-refractivity contribution in [1.82, 2.24) is 30.3 Å². The quantitative estimate of drug-likeness (QED) is 0.725. The van der Waals surface area contributed by atoms with Crippen molar-refractivity contribution in [1.29, 1.82) is 0 Å². The van der Waals surface area contributed by atoms with Crippen LogP contribution in [0.3, 0.4) is 0 Å². The number of aromatic nitrogens is 3. The van der Waals surface area contributed by atoms with E-state index < -0.39 is 0 Å². The lowest BCUT2D eigenvalue weighted by Crippen LogP contribution is -2.44. The maximum absolute atomic E-state index is 12.8. The van der Waals surface area contributed by atoms with E-state index in [9.17, 15) is 4.79 Å². The minimum absolute atomic E-state index is 0.100. The average molecular weight is 398 g/mol. The Bertz CT molecular complexity index is 890. The van der Waals surface area contributed by atoms with Crippen LogP contribution in [0.1, 0.15) is 49.0 Å². The number of nitrogens with one attached hydrogen (secondary N) is 3. The van der Waals surface area contributed by atoms with Crippen LogP contribution in [0.4, 0.5) is 5.82 Å². The first-order chi connectivity index (χ1) is 14.1. The van der Waals surface area contributed by atoms with Crippen molar-refractivity contribution >= 4 is 22.8 Å². The molecular weight excluding hydrogens is 366 g/mol. The smallest absolute Gasteiger partial charge is 0.272 e. The third-order valence-corrected chi connectivity index (χ3v) is 7.03. The van der Waals surface area contributed by atoms with Crippen LogP contribution in [-0.4, -0.2) is 69.9 Å². The third-order valence-electron chi connectivity index (χ3n) is 7.03. The molecule has 3 aliphatic heterocycles. The second kappa shape index (κ2) is 7.57. The molecule has 0 radical (unpaired) electrons. The van der Waals surface area contributed by atoms with E-state index in [1.54, 1.807) is 4.68 Å². The fourth-order valence-electron chi connectivity index (χ4n) is 5.34. The highest BCUT2D eigenvalue weighted by atomic mass is 16.2. The molecule has 2 aromatic rings. The predicted octanol–water partition coefficient (Wildman–Crippen LogP) is 1.49. The van der Waals surface area contributed by atoms with Crippen LogP contribution < -0.4 is 16.0 Å². The summed E-state index contributed by atoms with van der Waals surface area (Å²) in [5, 5.41) is 15.4. The molecule has 2 aromatic heterocycles. The highest BCUT2D eigenvalue weighted by Crippen LogP contribution is 2.35. The van der Waals surface area contributed by atoms with E-state index in [1.165, 1.54) is 25.7 Å². The standard InChI is InChI=1S/C21H31N7O/c1-27-15-3-4-16(27)12-14(11-15)23-18-6-5-17-19(26-28(2)20(17)25-18)21(29)24-13-7-9-22-10-8-13/h5-6,13-16,22H,3-4,7-12H2,1-2H3,(H,23,25)(H,24,29). The first kappa shape index (κ1) is 18.8. The number of rotatable bonds is 4. The highest BCUT2D eigenvalue weighted by Gasteiger charge is 2.38. The van der Waals surface area contributed by atoms with Crippen molar-refractivity contribution in [2.75, 3.05) is 25.5 Å². The lowest BCUT2D eigenvalue weighted by atomic mass is 9.98. The molecule has 29 heavy (non-hydrogen) atoms. The van der Waals surface area contributed by atoms with E-state index in [-0.39, 0.29) is 11.9 Å². The zero-order chi connectivity index (χ0) is 20.0. The zero-order valence-electron chi connectivity index (χ0n) is 17.3. The van der Waals surface area contributed by atoms with Gasteiger partial charge in [-0.3, -0.25) is 4.79 Å². The molecule has 2 bridgehead atoms. The number of hydrogen-bond donors (Lipinski definition) is 3. The number of hydrogen-bond acceptors (Lipinski definition) is 6. The molecule has 8 heteroatoms.